The number of methoxy groups -OCH3 is 1. The first-order chi connectivity index (χ1) is 14.3. The quantitative estimate of drug-likeness (QED) is 0.312. The zero-order valence-corrected chi connectivity index (χ0v) is 18.3. The molecule has 2 aromatic carbocycles. The van der Waals surface area contributed by atoms with Crippen LogP contribution < -0.4 is 4.90 Å². The van der Waals surface area contributed by atoms with Gasteiger partial charge in [0.15, 0.2) is 0 Å². The van der Waals surface area contributed by atoms with Crippen LogP contribution in [0.15, 0.2) is 64.5 Å². The smallest absolute Gasteiger partial charge is 0.339 e. The van der Waals surface area contributed by atoms with Crippen molar-refractivity contribution in [3.63, 3.8) is 0 Å². The van der Waals surface area contributed by atoms with Crippen LogP contribution in [0.4, 0.5) is 5.69 Å². The standard InChI is InChI=1S/C23H27NO5S/c1-4-5-6-9-19(16-30(27,28)20-14-12-18(2)13-15-20)24(17-25)22-11-8-7-10-21(22)23(26)29-3/h7-8,10-17H,4-6,9H2,1-3H3/b19-16+. The molecule has 0 spiro atoms. The fourth-order valence-corrected chi connectivity index (χ4v) is 4.25. The summed E-state index contributed by atoms with van der Waals surface area (Å²) >= 11 is 0. The van der Waals surface area contributed by atoms with E-state index < -0.39 is 15.8 Å². The molecule has 0 heterocycles. The van der Waals surface area contributed by atoms with Crippen LogP contribution in [0.25, 0.3) is 0 Å². The molecule has 0 aliphatic heterocycles. The van der Waals surface area contributed by atoms with Crippen LogP contribution in [-0.4, -0.2) is 27.9 Å². The van der Waals surface area contributed by atoms with Crippen molar-refractivity contribution in [1.29, 1.82) is 0 Å². The van der Waals surface area contributed by atoms with Gasteiger partial charge >= 0.3 is 5.97 Å². The van der Waals surface area contributed by atoms with E-state index in [0.29, 0.717) is 24.9 Å². The van der Waals surface area contributed by atoms with Gasteiger partial charge in [0.2, 0.25) is 16.2 Å². The highest BCUT2D eigenvalue weighted by Crippen LogP contribution is 2.28. The zero-order valence-electron chi connectivity index (χ0n) is 17.5. The second-order valence-electron chi connectivity index (χ2n) is 6.91. The Morgan fingerprint density at radius 2 is 1.73 bits per heavy atom. The zero-order chi connectivity index (χ0) is 22.1. The summed E-state index contributed by atoms with van der Waals surface area (Å²) in [6, 6.07) is 13.0. The molecule has 0 saturated carbocycles. The van der Waals surface area contributed by atoms with Crippen molar-refractivity contribution in [3.05, 3.63) is 70.8 Å². The van der Waals surface area contributed by atoms with Gasteiger partial charge in [-0.05, 0) is 44.0 Å². The van der Waals surface area contributed by atoms with Gasteiger partial charge < -0.3 is 4.74 Å². The number of amides is 1. The number of allylic oxidation sites excluding steroid dienone is 1. The van der Waals surface area contributed by atoms with Gasteiger partial charge in [0, 0.05) is 5.70 Å². The van der Waals surface area contributed by atoms with E-state index in [9.17, 15) is 18.0 Å². The number of rotatable bonds is 10. The predicted octanol–water partition coefficient (Wildman–Crippen LogP) is 4.64. The average molecular weight is 430 g/mol. The van der Waals surface area contributed by atoms with Crippen molar-refractivity contribution in [3.8, 4) is 0 Å². The minimum atomic E-state index is -3.79. The number of carbonyl (C=O) groups excluding carboxylic acids is 2. The van der Waals surface area contributed by atoms with Gasteiger partial charge in [0.05, 0.1) is 28.7 Å². The van der Waals surface area contributed by atoms with Gasteiger partial charge in [-0.1, -0.05) is 49.6 Å². The van der Waals surface area contributed by atoms with Crippen LogP contribution in [0.2, 0.25) is 0 Å². The first-order valence-electron chi connectivity index (χ1n) is 9.78. The summed E-state index contributed by atoms with van der Waals surface area (Å²) < 4.78 is 30.8. The molecule has 1 amide bonds. The number of esters is 1. The van der Waals surface area contributed by atoms with E-state index in [4.69, 9.17) is 4.74 Å². The van der Waals surface area contributed by atoms with E-state index in [1.165, 1.54) is 18.1 Å². The largest absolute Gasteiger partial charge is 0.465 e. The van der Waals surface area contributed by atoms with Crippen LogP contribution in [0.1, 0.15) is 48.5 Å². The number of carbonyl (C=O) groups is 2. The lowest BCUT2D eigenvalue weighted by Crippen LogP contribution is -2.24. The topological polar surface area (TPSA) is 80.8 Å². The number of ether oxygens (including phenoxy) is 1. The number of unbranched alkanes of at least 4 members (excludes halogenated alkanes) is 2. The number of sulfone groups is 1. The fraction of sp³-hybridized carbons (Fsp3) is 0.304. The molecule has 0 N–H and O–H groups in total. The molecule has 0 fully saturated rings. The summed E-state index contributed by atoms with van der Waals surface area (Å²) in [6.07, 6.45) is 3.43. The molecule has 2 aromatic rings. The number of hydrogen-bond acceptors (Lipinski definition) is 5. The van der Waals surface area contributed by atoms with E-state index in [2.05, 4.69) is 0 Å². The van der Waals surface area contributed by atoms with Gasteiger partial charge in [-0.3, -0.25) is 9.69 Å². The Labute approximate surface area is 178 Å². The number of hydrogen-bond donors (Lipinski definition) is 0. The van der Waals surface area contributed by atoms with Gasteiger partial charge in [-0.25, -0.2) is 13.2 Å². The minimum absolute atomic E-state index is 0.146. The lowest BCUT2D eigenvalue weighted by molar-refractivity contribution is -0.107. The molecule has 2 rings (SSSR count). The minimum Gasteiger partial charge on any atom is -0.465 e. The highest BCUT2D eigenvalue weighted by molar-refractivity contribution is 7.94. The molecule has 0 aliphatic rings. The van der Waals surface area contributed by atoms with Crippen LogP contribution in [0.5, 0.6) is 0 Å². The highest BCUT2D eigenvalue weighted by Gasteiger charge is 2.22. The molecule has 0 unspecified atom stereocenters. The number of anilines is 1. The van der Waals surface area contributed by atoms with E-state index >= 15 is 0 Å². The Hall–Kier alpha value is -2.93. The first kappa shape index (κ1) is 23.3. The monoisotopic (exact) mass is 429 g/mol. The molecule has 0 atom stereocenters. The average Bonchev–Trinajstić information content (AvgIpc) is 2.74. The Morgan fingerprint density at radius 3 is 2.33 bits per heavy atom. The van der Waals surface area contributed by atoms with Crippen molar-refractivity contribution in [2.75, 3.05) is 12.0 Å². The molecule has 0 aliphatic carbocycles. The Kier molecular flexibility index (Phi) is 8.35. The van der Waals surface area contributed by atoms with Crippen LogP contribution in [0.3, 0.4) is 0 Å². The molecule has 6 nitrogen and oxygen atoms in total. The Bertz CT molecular complexity index is 1010. The van der Waals surface area contributed by atoms with Crippen molar-refractivity contribution >= 4 is 27.9 Å². The number of benzene rings is 2. The molecule has 0 bridgehead atoms. The summed E-state index contributed by atoms with van der Waals surface area (Å²) in [5.74, 6) is -0.605. The number of nitrogens with zero attached hydrogens (tertiary/aromatic N) is 1. The van der Waals surface area contributed by atoms with Gasteiger partial charge in [-0.2, -0.15) is 0 Å². The van der Waals surface area contributed by atoms with Crippen molar-refractivity contribution in [2.24, 2.45) is 0 Å². The molecule has 0 radical (unpaired) electrons. The van der Waals surface area contributed by atoms with Crippen LogP contribution >= 0.6 is 0 Å². The molecule has 0 saturated heterocycles. The third-order valence-electron chi connectivity index (χ3n) is 4.66. The maximum atomic E-state index is 13.0. The van der Waals surface area contributed by atoms with E-state index in [1.54, 1.807) is 42.5 Å². The molecule has 0 aromatic heterocycles. The molecular formula is C23H27NO5S. The van der Waals surface area contributed by atoms with Gasteiger partial charge in [0.25, 0.3) is 0 Å². The fourth-order valence-electron chi connectivity index (χ4n) is 3.01. The number of aryl methyl sites for hydroxylation is 1. The van der Waals surface area contributed by atoms with Crippen molar-refractivity contribution < 1.29 is 22.7 Å². The van der Waals surface area contributed by atoms with E-state index in [1.807, 2.05) is 13.8 Å². The lowest BCUT2D eigenvalue weighted by atomic mass is 10.1. The molecule has 7 heteroatoms. The van der Waals surface area contributed by atoms with Crippen molar-refractivity contribution in [2.45, 2.75) is 44.4 Å². The first-order valence-corrected chi connectivity index (χ1v) is 11.3. The SMILES string of the molecule is CCCCC/C(=C\S(=O)(=O)c1ccc(C)cc1)N(C=O)c1ccccc1C(=O)OC. The molecule has 30 heavy (non-hydrogen) atoms. The normalized spacial score (nSPS) is 11.8. The van der Waals surface area contributed by atoms with Crippen LogP contribution in [0, 0.1) is 6.92 Å². The molecular weight excluding hydrogens is 402 g/mol. The summed E-state index contributed by atoms with van der Waals surface area (Å²) in [4.78, 5) is 25.6. The Morgan fingerprint density at radius 1 is 1.07 bits per heavy atom. The Balaban J connectivity index is 2.57. The summed E-state index contributed by atoms with van der Waals surface area (Å²) in [5, 5.41) is 1.12. The van der Waals surface area contributed by atoms with Gasteiger partial charge in [-0.15, -0.1) is 0 Å². The lowest BCUT2D eigenvalue weighted by Gasteiger charge is -2.23. The third kappa shape index (κ3) is 5.79. The van der Waals surface area contributed by atoms with E-state index in [-0.39, 0.29) is 16.1 Å². The summed E-state index contributed by atoms with van der Waals surface area (Å²) in [6.45, 7) is 3.91. The van der Waals surface area contributed by atoms with Crippen LogP contribution in [-0.2, 0) is 19.4 Å². The van der Waals surface area contributed by atoms with E-state index in [0.717, 1.165) is 23.8 Å². The number of para-hydroxylation sites is 1. The highest BCUT2D eigenvalue weighted by atomic mass is 32.2. The van der Waals surface area contributed by atoms with Crippen molar-refractivity contribution in [1.82, 2.24) is 0 Å². The maximum absolute atomic E-state index is 13.0. The summed E-state index contributed by atoms with van der Waals surface area (Å²) in [7, 11) is -2.54. The second-order valence-corrected chi connectivity index (χ2v) is 8.71. The maximum Gasteiger partial charge on any atom is 0.339 e. The van der Waals surface area contributed by atoms with Gasteiger partial charge in [0.1, 0.15) is 0 Å². The summed E-state index contributed by atoms with van der Waals surface area (Å²) in [5.41, 5.74) is 1.71. The predicted molar refractivity (Wildman–Crippen MR) is 117 cm³/mol. The second kappa shape index (κ2) is 10.7. The third-order valence-corrected chi connectivity index (χ3v) is 6.17. The molecule has 160 valence electrons.